The molecule has 2 aromatic heterocycles. The minimum atomic E-state index is 0.136. The Kier molecular flexibility index (Phi) is 3.29. The van der Waals surface area contributed by atoms with Gasteiger partial charge in [0, 0.05) is 18.0 Å². The minimum absolute atomic E-state index is 0.136. The van der Waals surface area contributed by atoms with E-state index in [1.807, 2.05) is 24.3 Å². The van der Waals surface area contributed by atoms with Gasteiger partial charge in [0.1, 0.15) is 0 Å². The van der Waals surface area contributed by atoms with Crippen molar-refractivity contribution in [3.63, 3.8) is 0 Å². The molecule has 0 saturated heterocycles. The molecule has 106 valence electrons. The highest BCUT2D eigenvalue weighted by molar-refractivity contribution is 5.59. The van der Waals surface area contributed by atoms with Gasteiger partial charge in [-0.3, -0.25) is 4.98 Å². The molecule has 0 N–H and O–H groups in total. The number of aromatic nitrogens is 3. The van der Waals surface area contributed by atoms with E-state index in [0.717, 1.165) is 11.1 Å². The van der Waals surface area contributed by atoms with Gasteiger partial charge in [-0.15, -0.1) is 0 Å². The van der Waals surface area contributed by atoms with Crippen LogP contribution >= 0.6 is 0 Å². The lowest BCUT2D eigenvalue weighted by atomic mass is 9.87. The molecule has 0 radical (unpaired) electrons. The Morgan fingerprint density at radius 1 is 0.952 bits per heavy atom. The summed E-state index contributed by atoms with van der Waals surface area (Å²) in [5.74, 6) is 1.08. The van der Waals surface area contributed by atoms with E-state index >= 15 is 0 Å². The van der Waals surface area contributed by atoms with Crippen molar-refractivity contribution in [1.82, 2.24) is 15.1 Å². The second kappa shape index (κ2) is 5.13. The van der Waals surface area contributed by atoms with E-state index in [2.05, 4.69) is 48.0 Å². The van der Waals surface area contributed by atoms with Crippen molar-refractivity contribution in [3.8, 4) is 22.8 Å². The molecule has 0 atom stereocenters. The fourth-order valence-electron chi connectivity index (χ4n) is 2.07. The van der Waals surface area contributed by atoms with Crippen molar-refractivity contribution in [2.24, 2.45) is 0 Å². The van der Waals surface area contributed by atoms with Crippen LogP contribution in [-0.2, 0) is 5.41 Å². The fraction of sp³-hybridized carbons (Fsp3) is 0.235. The first-order chi connectivity index (χ1) is 10.0. The Balaban J connectivity index is 1.90. The second-order valence-electron chi connectivity index (χ2n) is 5.99. The van der Waals surface area contributed by atoms with Crippen LogP contribution in [0.5, 0.6) is 0 Å². The maximum absolute atomic E-state index is 5.30. The summed E-state index contributed by atoms with van der Waals surface area (Å²) in [5, 5.41) is 4.04. The molecule has 0 unspecified atom stereocenters. The smallest absolute Gasteiger partial charge is 0.259 e. The van der Waals surface area contributed by atoms with Crippen LogP contribution < -0.4 is 0 Å². The first-order valence-corrected chi connectivity index (χ1v) is 6.89. The third-order valence-electron chi connectivity index (χ3n) is 3.34. The summed E-state index contributed by atoms with van der Waals surface area (Å²) in [4.78, 5) is 8.48. The van der Waals surface area contributed by atoms with Gasteiger partial charge >= 0.3 is 0 Å². The first-order valence-electron chi connectivity index (χ1n) is 6.89. The summed E-state index contributed by atoms with van der Waals surface area (Å²) >= 11 is 0. The maximum atomic E-state index is 5.30. The Morgan fingerprint density at radius 3 is 2.33 bits per heavy atom. The second-order valence-corrected chi connectivity index (χ2v) is 5.99. The number of pyridine rings is 1. The maximum Gasteiger partial charge on any atom is 0.259 e. The number of hydrogen-bond donors (Lipinski definition) is 0. The molecular weight excluding hydrogens is 262 g/mol. The zero-order valence-corrected chi connectivity index (χ0v) is 12.4. The normalized spacial score (nSPS) is 11.6. The van der Waals surface area contributed by atoms with Crippen LogP contribution in [0.25, 0.3) is 22.8 Å². The Labute approximate surface area is 123 Å². The van der Waals surface area contributed by atoms with Crippen molar-refractivity contribution < 1.29 is 4.52 Å². The van der Waals surface area contributed by atoms with Gasteiger partial charge in [0.25, 0.3) is 5.89 Å². The standard InChI is InChI=1S/C17H17N3O/c1-17(2,3)14-8-6-12(7-9-14)15-19-16(21-20-15)13-5-4-10-18-11-13/h4-11H,1-3H3. The van der Waals surface area contributed by atoms with Gasteiger partial charge < -0.3 is 4.52 Å². The Hall–Kier alpha value is -2.49. The zero-order chi connectivity index (χ0) is 14.9. The highest BCUT2D eigenvalue weighted by atomic mass is 16.5. The molecule has 4 nitrogen and oxygen atoms in total. The molecular formula is C17H17N3O. The van der Waals surface area contributed by atoms with E-state index in [1.165, 1.54) is 5.56 Å². The summed E-state index contributed by atoms with van der Waals surface area (Å²) in [6, 6.07) is 12.0. The summed E-state index contributed by atoms with van der Waals surface area (Å²) in [6.45, 7) is 6.57. The van der Waals surface area contributed by atoms with Crippen LogP contribution in [0.3, 0.4) is 0 Å². The van der Waals surface area contributed by atoms with Gasteiger partial charge in [-0.25, -0.2) is 0 Å². The molecule has 0 saturated carbocycles. The van der Waals surface area contributed by atoms with E-state index < -0.39 is 0 Å². The lowest BCUT2D eigenvalue weighted by Gasteiger charge is -2.18. The molecule has 0 bridgehead atoms. The molecule has 4 heteroatoms. The third kappa shape index (κ3) is 2.84. The van der Waals surface area contributed by atoms with Crippen LogP contribution in [0.15, 0.2) is 53.3 Å². The SMILES string of the molecule is CC(C)(C)c1ccc(-c2noc(-c3cccnc3)n2)cc1. The number of benzene rings is 1. The highest BCUT2D eigenvalue weighted by Crippen LogP contribution is 2.26. The van der Waals surface area contributed by atoms with Gasteiger partial charge in [0.2, 0.25) is 5.82 Å². The first kappa shape index (κ1) is 13.5. The summed E-state index contributed by atoms with van der Waals surface area (Å²) in [6.07, 6.45) is 3.42. The summed E-state index contributed by atoms with van der Waals surface area (Å²) < 4.78 is 5.30. The average Bonchev–Trinajstić information content (AvgIpc) is 2.97. The third-order valence-corrected chi connectivity index (χ3v) is 3.34. The van der Waals surface area contributed by atoms with E-state index in [0.29, 0.717) is 11.7 Å². The lowest BCUT2D eigenvalue weighted by Crippen LogP contribution is -2.10. The fourth-order valence-corrected chi connectivity index (χ4v) is 2.07. The van der Waals surface area contributed by atoms with Crippen LogP contribution in [-0.4, -0.2) is 15.1 Å². The van der Waals surface area contributed by atoms with Gasteiger partial charge in [-0.1, -0.05) is 50.2 Å². The van der Waals surface area contributed by atoms with Crippen LogP contribution in [0.2, 0.25) is 0 Å². The van der Waals surface area contributed by atoms with Crippen molar-refractivity contribution in [2.75, 3.05) is 0 Å². The molecule has 0 fully saturated rings. The molecule has 0 aliphatic rings. The van der Waals surface area contributed by atoms with Crippen molar-refractivity contribution in [1.29, 1.82) is 0 Å². The predicted octanol–water partition coefficient (Wildman–Crippen LogP) is 4.10. The van der Waals surface area contributed by atoms with Gasteiger partial charge in [-0.05, 0) is 23.1 Å². The van der Waals surface area contributed by atoms with E-state index in [9.17, 15) is 0 Å². The largest absolute Gasteiger partial charge is 0.334 e. The van der Waals surface area contributed by atoms with Gasteiger partial charge in [-0.2, -0.15) is 4.98 Å². The van der Waals surface area contributed by atoms with Gasteiger partial charge in [0.15, 0.2) is 0 Å². The van der Waals surface area contributed by atoms with Crippen molar-refractivity contribution in [3.05, 3.63) is 54.4 Å². The Morgan fingerprint density at radius 2 is 1.71 bits per heavy atom. The van der Waals surface area contributed by atoms with E-state index in [-0.39, 0.29) is 5.41 Å². The quantitative estimate of drug-likeness (QED) is 0.708. The molecule has 0 aliphatic heterocycles. The summed E-state index contributed by atoms with van der Waals surface area (Å²) in [7, 11) is 0. The molecule has 1 aromatic carbocycles. The molecule has 0 amide bonds. The highest BCUT2D eigenvalue weighted by Gasteiger charge is 2.15. The average molecular weight is 279 g/mol. The molecule has 21 heavy (non-hydrogen) atoms. The van der Waals surface area contributed by atoms with Gasteiger partial charge in [0.05, 0.1) is 5.56 Å². The molecule has 3 aromatic rings. The van der Waals surface area contributed by atoms with Crippen molar-refractivity contribution in [2.45, 2.75) is 26.2 Å². The Bertz CT molecular complexity index is 725. The monoisotopic (exact) mass is 279 g/mol. The molecule has 3 rings (SSSR count). The van der Waals surface area contributed by atoms with Crippen molar-refractivity contribution >= 4 is 0 Å². The number of nitrogens with zero attached hydrogens (tertiary/aromatic N) is 3. The molecule has 0 spiro atoms. The van der Waals surface area contributed by atoms with Crippen LogP contribution in [0.4, 0.5) is 0 Å². The lowest BCUT2D eigenvalue weighted by molar-refractivity contribution is 0.432. The minimum Gasteiger partial charge on any atom is -0.334 e. The molecule has 2 heterocycles. The van der Waals surface area contributed by atoms with Crippen LogP contribution in [0.1, 0.15) is 26.3 Å². The number of hydrogen-bond acceptors (Lipinski definition) is 4. The van der Waals surface area contributed by atoms with E-state index in [4.69, 9.17) is 4.52 Å². The summed E-state index contributed by atoms with van der Waals surface area (Å²) in [5.41, 5.74) is 3.18. The molecule has 0 aliphatic carbocycles. The predicted molar refractivity (Wildman–Crippen MR) is 81.7 cm³/mol. The zero-order valence-electron chi connectivity index (χ0n) is 12.4. The topological polar surface area (TPSA) is 51.8 Å². The number of rotatable bonds is 2. The van der Waals surface area contributed by atoms with E-state index in [1.54, 1.807) is 12.4 Å². The van der Waals surface area contributed by atoms with Crippen LogP contribution in [0, 0.1) is 0 Å².